The predicted molar refractivity (Wildman–Crippen MR) is 79.0 cm³/mol. The summed E-state index contributed by atoms with van der Waals surface area (Å²) in [5.74, 6) is 0. The van der Waals surface area contributed by atoms with Crippen molar-refractivity contribution in [2.75, 3.05) is 0 Å². The summed E-state index contributed by atoms with van der Waals surface area (Å²) in [6.45, 7) is 0.156. The molecule has 0 amide bonds. The Kier molecular flexibility index (Phi) is 3.44. The van der Waals surface area contributed by atoms with Crippen molar-refractivity contribution in [2.45, 2.75) is 11.4 Å². The number of aryl methyl sites for hydroxylation is 1. The number of fused-ring (bicyclic) bond motifs is 1. The van der Waals surface area contributed by atoms with Crippen LogP contribution in [-0.2, 0) is 23.6 Å². The molecule has 2 heterocycles. The van der Waals surface area contributed by atoms with E-state index in [1.54, 1.807) is 42.9 Å². The summed E-state index contributed by atoms with van der Waals surface area (Å²) in [5.41, 5.74) is 2.21. The fourth-order valence-corrected chi connectivity index (χ4v) is 3.06. The monoisotopic (exact) mass is 302 g/mol. The van der Waals surface area contributed by atoms with Crippen LogP contribution >= 0.6 is 0 Å². The molecular formula is C14H14N4O2S. The van der Waals surface area contributed by atoms with Crippen LogP contribution in [-0.4, -0.2) is 23.0 Å². The molecule has 0 bridgehead atoms. The lowest BCUT2D eigenvalue weighted by molar-refractivity contribution is 0.580. The molecule has 1 N–H and O–H groups in total. The van der Waals surface area contributed by atoms with E-state index in [0.29, 0.717) is 11.2 Å². The summed E-state index contributed by atoms with van der Waals surface area (Å²) >= 11 is 0. The number of hydrogen-bond donors (Lipinski definition) is 1. The highest BCUT2D eigenvalue weighted by Crippen LogP contribution is 2.17. The molecule has 0 radical (unpaired) electrons. The average molecular weight is 302 g/mol. The lowest BCUT2D eigenvalue weighted by atomic mass is 10.3. The number of rotatable bonds is 4. The molecule has 2 aromatic heterocycles. The van der Waals surface area contributed by atoms with Crippen molar-refractivity contribution in [1.82, 2.24) is 19.3 Å². The zero-order valence-corrected chi connectivity index (χ0v) is 12.2. The SMILES string of the molecule is Cn1cnc2cc(S(=O)(=O)NCc3ccccn3)ccc21. The van der Waals surface area contributed by atoms with Gasteiger partial charge in [-0.3, -0.25) is 4.98 Å². The number of nitrogens with zero attached hydrogens (tertiary/aromatic N) is 3. The fourth-order valence-electron chi connectivity index (χ4n) is 2.04. The van der Waals surface area contributed by atoms with Gasteiger partial charge in [-0.25, -0.2) is 18.1 Å². The van der Waals surface area contributed by atoms with E-state index < -0.39 is 10.0 Å². The Morgan fingerprint density at radius 1 is 1.19 bits per heavy atom. The highest BCUT2D eigenvalue weighted by atomic mass is 32.2. The lowest BCUT2D eigenvalue weighted by Gasteiger charge is -2.06. The van der Waals surface area contributed by atoms with Crippen LogP contribution in [0.15, 0.2) is 53.8 Å². The molecule has 0 saturated heterocycles. The quantitative estimate of drug-likeness (QED) is 0.791. The average Bonchev–Trinajstić information content (AvgIpc) is 2.87. The standard InChI is InChI=1S/C14H14N4O2S/c1-18-10-16-13-8-12(5-6-14(13)18)21(19,20)17-9-11-4-2-3-7-15-11/h2-8,10,17H,9H2,1H3. The van der Waals surface area contributed by atoms with Crippen LogP contribution in [0.1, 0.15) is 5.69 Å². The molecule has 0 unspecified atom stereocenters. The lowest BCUT2D eigenvalue weighted by Crippen LogP contribution is -2.23. The van der Waals surface area contributed by atoms with Gasteiger partial charge in [-0.05, 0) is 30.3 Å². The van der Waals surface area contributed by atoms with Gasteiger partial charge in [0.05, 0.1) is 34.5 Å². The Hall–Kier alpha value is -2.25. The van der Waals surface area contributed by atoms with Gasteiger partial charge in [-0.1, -0.05) is 6.07 Å². The largest absolute Gasteiger partial charge is 0.334 e. The second-order valence-electron chi connectivity index (χ2n) is 4.65. The van der Waals surface area contributed by atoms with E-state index in [4.69, 9.17) is 0 Å². The smallest absolute Gasteiger partial charge is 0.241 e. The maximum atomic E-state index is 12.3. The van der Waals surface area contributed by atoms with Gasteiger partial charge in [0.25, 0.3) is 0 Å². The fraction of sp³-hybridized carbons (Fsp3) is 0.143. The first-order valence-electron chi connectivity index (χ1n) is 6.37. The number of imidazole rings is 1. The molecule has 6 nitrogen and oxygen atoms in total. The zero-order valence-electron chi connectivity index (χ0n) is 11.4. The van der Waals surface area contributed by atoms with Gasteiger partial charge in [-0.2, -0.15) is 0 Å². The first-order valence-corrected chi connectivity index (χ1v) is 7.85. The first kappa shape index (κ1) is 13.7. The third-order valence-electron chi connectivity index (χ3n) is 3.18. The maximum absolute atomic E-state index is 12.3. The number of pyridine rings is 1. The summed E-state index contributed by atoms with van der Waals surface area (Å²) < 4.78 is 28.9. The van der Waals surface area contributed by atoms with Crippen molar-refractivity contribution in [3.8, 4) is 0 Å². The van der Waals surface area contributed by atoms with Crippen LogP contribution in [0, 0.1) is 0 Å². The van der Waals surface area contributed by atoms with Gasteiger partial charge >= 0.3 is 0 Å². The summed E-state index contributed by atoms with van der Waals surface area (Å²) in [6, 6.07) is 10.3. The molecule has 7 heteroatoms. The van der Waals surface area contributed by atoms with Crippen molar-refractivity contribution < 1.29 is 8.42 Å². The van der Waals surface area contributed by atoms with Crippen LogP contribution in [0.25, 0.3) is 11.0 Å². The molecule has 3 rings (SSSR count). The minimum absolute atomic E-state index is 0.156. The molecule has 0 aliphatic carbocycles. The minimum atomic E-state index is -3.58. The summed E-state index contributed by atoms with van der Waals surface area (Å²) in [5, 5.41) is 0. The van der Waals surface area contributed by atoms with Crippen molar-refractivity contribution in [3.63, 3.8) is 0 Å². The van der Waals surface area contributed by atoms with Crippen molar-refractivity contribution in [2.24, 2.45) is 7.05 Å². The molecule has 0 aliphatic rings. The van der Waals surface area contributed by atoms with Gasteiger partial charge in [-0.15, -0.1) is 0 Å². The van der Waals surface area contributed by atoms with Crippen molar-refractivity contribution >= 4 is 21.1 Å². The number of nitrogens with one attached hydrogen (secondary N) is 1. The Balaban J connectivity index is 1.86. The minimum Gasteiger partial charge on any atom is -0.334 e. The summed E-state index contributed by atoms with van der Waals surface area (Å²) in [7, 11) is -1.72. The third-order valence-corrected chi connectivity index (χ3v) is 4.58. The number of aromatic nitrogens is 3. The van der Waals surface area contributed by atoms with E-state index in [9.17, 15) is 8.42 Å². The van der Waals surface area contributed by atoms with Crippen LogP contribution in [0.4, 0.5) is 0 Å². The van der Waals surface area contributed by atoms with E-state index in [-0.39, 0.29) is 11.4 Å². The molecule has 0 atom stereocenters. The van der Waals surface area contributed by atoms with E-state index in [0.717, 1.165) is 5.52 Å². The van der Waals surface area contributed by atoms with Crippen LogP contribution in [0.5, 0.6) is 0 Å². The maximum Gasteiger partial charge on any atom is 0.241 e. The zero-order chi connectivity index (χ0) is 14.9. The number of hydrogen-bond acceptors (Lipinski definition) is 4. The molecule has 3 aromatic rings. The highest BCUT2D eigenvalue weighted by molar-refractivity contribution is 7.89. The third kappa shape index (κ3) is 2.79. The summed E-state index contributed by atoms with van der Waals surface area (Å²) in [4.78, 5) is 8.45. The Labute approximate surface area is 122 Å². The van der Waals surface area contributed by atoms with E-state index in [2.05, 4.69) is 14.7 Å². The van der Waals surface area contributed by atoms with Crippen molar-refractivity contribution in [3.05, 3.63) is 54.6 Å². The van der Waals surface area contributed by atoms with Gasteiger partial charge < -0.3 is 4.57 Å². The highest BCUT2D eigenvalue weighted by Gasteiger charge is 2.15. The molecule has 21 heavy (non-hydrogen) atoms. The van der Waals surface area contributed by atoms with Crippen molar-refractivity contribution in [1.29, 1.82) is 0 Å². The molecule has 0 spiro atoms. The molecule has 0 fully saturated rings. The number of sulfonamides is 1. The molecule has 0 saturated carbocycles. The van der Waals surface area contributed by atoms with Crippen LogP contribution < -0.4 is 4.72 Å². The van der Waals surface area contributed by atoms with Gasteiger partial charge in [0.1, 0.15) is 0 Å². The Morgan fingerprint density at radius 3 is 2.81 bits per heavy atom. The number of benzene rings is 1. The van der Waals surface area contributed by atoms with E-state index in [1.165, 1.54) is 0 Å². The topological polar surface area (TPSA) is 76.9 Å². The summed E-state index contributed by atoms with van der Waals surface area (Å²) in [6.07, 6.45) is 3.28. The Morgan fingerprint density at radius 2 is 2.05 bits per heavy atom. The Bertz CT molecular complexity index is 872. The second kappa shape index (κ2) is 5.27. The first-order chi connectivity index (χ1) is 10.1. The van der Waals surface area contributed by atoms with Crippen LogP contribution in [0.2, 0.25) is 0 Å². The predicted octanol–water partition coefficient (Wildman–Crippen LogP) is 1.45. The van der Waals surface area contributed by atoms with E-state index >= 15 is 0 Å². The van der Waals surface area contributed by atoms with E-state index in [1.807, 2.05) is 17.7 Å². The van der Waals surface area contributed by atoms with Gasteiger partial charge in [0.15, 0.2) is 0 Å². The second-order valence-corrected chi connectivity index (χ2v) is 6.42. The molecular weight excluding hydrogens is 288 g/mol. The molecule has 108 valence electrons. The molecule has 0 aliphatic heterocycles. The molecule has 1 aromatic carbocycles. The van der Waals surface area contributed by atoms with Gasteiger partial charge in [0, 0.05) is 13.2 Å². The van der Waals surface area contributed by atoms with Gasteiger partial charge in [0.2, 0.25) is 10.0 Å². The van der Waals surface area contributed by atoms with Crippen LogP contribution in [0.3, 0.4) is 0 Å². The normalized spacial score (nSPS) is 11.9.